The molecule has 0 saturated heterocycles. The maximum atomic E-state index is 13.0. The van der Waals surface area contributed by atoms with Crippen molar-refractivity contribution < 1.29 is 24.2 Å². The molecule has 8 heteroatoms. The van der Waals surface area contributed by atoms with Crippen molar-refractivity contribution in [1.82, 2.24) is 4.90 Å². The van der Waals surface area contributed by atoms with Crippen LogP contribution in [0.4, 0.5) is 0 Å². The van der Waals surface area contributed by atoms with E-state index in [0.717, 1.165) is 15.6 Å². The number of carbonyl (C=O) groups excluding carboxylic acids is 1. The lowest BCUT2D eigenvalue weighted by atomic mass is 10.1. The van der Waals surface area contributed by atoms with Gasteiger partial charge in [0.15, 0.2) is 6.29 Å². The molecule has 0 fully saturated rings. The van der Waals surface area contributed by atoms with E-state index in [2.05, 4.69) is 0 Å². The SMILES string of the molecule is CCOC(OCC)[C@H](C)N(Cc1csc2ccccc12)C(=O)C(N)CC(=O)O. The number of amides is 1. The van der Waals surface area contributed by atoms with E-state index < -0.39 is 36.7 Å². The van der Waals surface area contributed by atoms with Crippen LogP contribution in [0.15, 0.2) is 29.6 Å². The molecule has 0 spiro atoms. The van der Waals surface area contributed by atoms with Crippen molar-refractivity contribution in [1.29, 1.82) is 0 Å². The van der Waals surface area contributed by atoms with Crippen LogP contribution in [0, 0.1) is 0 Å². The molecule has 2 aromatic rings. The standard InChI is InChI=1S/C20H28N2O5S/c1-4-26-20(27-5-2)13(3)22(19(25)16(21)10-18(23)24)11-14-12-28-17-9-7-6-8-15(14)17/h6-9,12-13,16,20H,4-5,10-11,21H2,1-3H3,(H,23,24)/t13-,16?/m0/s1. The highest BCUT2D eigenvalue weighted by molar-refractivity contribution is 7.17. The monoisotopic (exact) mass is 408 g/mol. The minimum Gasteiger partial charge on any atom is -0.481 e. The van der Waals surface area contributed by atoms with E-state index in [1.165, 1.54) is 0 Å². The topological polar surface area (TPSA) is 102 Å². The highest BCUT2D eigenvalue weighted by Gasteiger charge is 2.32. The van der Waals surface area contributed by atoms with Crippen molar-refractivity contribution in [3.8, 4) is 0 Å². The van der Waals surface area contributed by atoms with E-state index in [-0.39, 0.29) is 0 Å². The van der Waals surface area contributed by atoms with Gasteiger partial charge in [-0.25, -0.2) is 0 Å². The minimum atomic E-state index is -1.13. The summed E-state index contributed by atoms with van der Waals surface area (Å²) >= 11 is 1.60. The van der Waals surface area contributed by atoms with Crippen LogP contribution in [-0.4, -0.2) is 53.5 Å². The number of aliphatic carboxylic acids is 1. The fourth-order valence-electron chi connectivity index (χ4n) is 3.05. The number of nitrogens with two attached hydrogens (primary N) is 1. The normalized spacial score (nSPS) is 13.6. The number of fused-ring (bicyclic) bond motifs is 1. The fraction of sp³-hybridized carbons (Fsp3) is 0.500. The Morgan fingerprint density at radius 2 is 1.86 bits per heavy atom. The molecule has 1 amide bonds. The van der Waals surface area contributed by atoms with E-state index in [1.54, 1.807) is 16.2 Å². The van der Waals surface area contributed by atoms with Crippen molar-refractivity contribution in [2.24, 2.45) is 5.73 Å². The molecule has 1 aromatic carbocycles. The zero-order valence-corrected chi connectivity index (χ0v) is 17.3. The zero-order chi connectivity index (χ0) is 20.7. The molecule has 0 radical (unpaired) electrons. The van der Waals surface area contributed by atoms with Crippen LogP contribution < -0.4 is 5.73 Å². The third-order valence-electron chi connectivity index (χ3n) is 4.44. The molecule has 0 aliphatic heterocycles. The second-order valence-corrected chi connectivity index (χ2v) is 7.36. The van der Waals surface area contributed by atoms with Crippen LogP contribution >= 0.6 is 11.3 Å². The molecule has 1 unspecified atom stereocenters. The highest BCUT2D eigenvalue weighted by Crippen LogP contribution is 2.28. The number of nitrogens with zero attached hydrogens (tertiary/aromatic N) is 1. The molecule has 1 heterocycles. The first kappa shape index (κ1) is 22.3. The first-order valence-electron chi connectivity index (χ1n) is 9.35. The molecule has 0 aliphatic rings. The van der Waals surface area contributed by atoms with Gasteiger partial charge in [-0.15, -0.1) is 11.3 Å². The van der Waals surface area contributed by atoms with Gasteiger partial charge in [-0.1, -0.05) is 18.2 Å². The number of hydrogen-bond donors (Lipinski definition) is 2. The molecule has 2 atom stereocenters. The Labute approximate surface area is 169 Å². The Morgan fingerprint density at radius 1 is 1.21 bits per heavy atom. The Bertz CT molecular complexity index is 788. The number of thiophene rings is 1. The van der Waals surface area contributed by atoms with Crippen LogP contribution in [0.1, 0.15) is 32.8 Å². The first-order valence-corrected chi connectivity index (χ1v) is 10.2. The molecule has 0 aliphatic carbocycles. The molecular formula is C20H28N2O5S. The van der Waals surface area contributed by atoms with E-state index in [1.807, 2.05) is 50.4 Å². The van der Waals surface area contributed by atoms with Crippen LogP contribution in [0.3, 0.4) is 0 Å². The van der Waals surface area contributed by atoms with E-state index >= 15 is 0 Å². The Hall–Kier alpha value is -2.00. The Morgan fingerprint density at radius 3 is 2.46 bits per heavy atom. The number of ether oxygens (including phenoxy) is 2. The lowest BCUT2D eigenvalue weighted by Gasteiger charge is -2.35. The Kier molecular flexibility index (Phi) is 8.37. The van der Waals surface area contributed by atoms with Crippen molar-refractivity contribution in [2.45, 2.75) is 52.1 Å². The van der Waals surface area contributed by atoms with Crippen molar-refractivity contribution in [3.63, 3.8) is 0 Å². The molecule has 0 saturated carbocycles. The van der Waals surface area contributed by atoms with Gasteiger partial charge in [0.05, 0.1) is 18.5 Å². The number of carbonyl (C=O) groups is 2. The third kappa shape index (κ3) is 5.51. The van der Waals surface area contributed by atoms with Gasteiger partial charge < -0.3 is 25.2 Å². The summed E-state index contributed by atoms with van der Waals surface area (Å²) in [5, 5.41) is 12.1. The molecular weight excluding hydrogens is 380 g/mol. The molecule has 154 valence electrons. The maximum absolute atomic E-state index is 13.0. The zero-order valence-electron chi connectivity index (χ0n) is 16.5. The second-order valence-electron chi connectivity index (χ2n) is 6.45. The molecule has 28 heavy (non-hydrogen) atoms. The number of carboxylic acids is 1. The largest absolute Gasteiger partial charge is 0.481 e. The van der Waals surface area contributed by atoms with E-state index in [0.29, 0.717) is 19.8 Å². The average molecular weight is 409 g/mol. The van der Waals surface area contributed by atoms with Crippen molar-refractivity contribution in [3.05, 3.63) is 35.2 Å². The number of hydrogen-bond acceptors (Lipinski definition) is 6. The second kappa shape index (κ2) is 10.5. The molecule has 3 N–H and O–H groups in total. The van der Waals surface area contributed by atoms with Crippen LogP contribution in [0.5, 0.6) is 0 Å². The van der Waals surface area contributed by atoms with Crippen LogP contribution in [0.2, 0.25) is 0 Å². The van der Waals surface area contributed by atoms with E-state index in [9.17, 15) is 9.59 Å². The predicted octanol–water partition coefficient (Wildman–Crippen LogP) is 2.82. The summed E-state index contributed by atoms with van der Waals surface area (Å²) in [6.07, 6.45) is -1.05. The van der Waals surface area contributed by atoms with Gasteiger partial charge in [0.1, 0.15) is 0 Å². The lowest BCUT2D eigenvalue weighted by Crippen LogP contribution is -2.52. The summed E-state index contributed by atoms with van der Waals surface area (Å²) < 4.78 is 12.5. The number of rotatable bonds is 11. The molecule has 2 rings (SSSR count). The summed E-state index contributed by atoms with van der Waals surface area (Å²) in [6, 6.07) is 6.39. The van der Waals surface area contributed by atoms with E-state index in [4.69, 9.17) is 20.3 Å². The Balaban J connectivity index is 2.34. The summed E-state index contributed by atoms with van der Waals surface area (Å²) in [4.78, 5) is 25.6. The van der Waals surface area contributed by atoms with Gasteiger partial charge in [0.25, 0.3) is 0 Å². The third-order valence-corrected chi connectivity index (χ3v) is 5.46. The first-order chi connectivity index (χ1) is 13.4. The van der Waals surface area contributed by atoms with Gasteiger partial charge in [0.2, 0.25) is 5.91 Å². The summed E-state index contributed by atoms with van der Waals surface area (Å²) in [5.41, 5.74) is 6.88. The van der Waals surface area contributed by atoms with Gasteiger partial charge >= 0.3 is 5.97 Å². The molecule has 1 aromatic heterocycles. The van der Waals surface area contributed by atoms with Gasteiger partial charge in [-0.3, -0.25) is 9.59 Å². The fourth-order valence-corrected chi connectivity index (χ4v) is 4.01. The van der Waals surface area contributed by atoms with Gasteiger partial charge in [0, 0.05) is 24.5 Å². The summed E-state index contributed by atoms with van der Waals surface area (Å²) in [5.74, 6) is -1.55. The molecule has 7 nitrogen and oxygen atoms in total. The molecule has 0 bridgehead atoms. The number of carboxylic acid groups (broad SMARTS) is 1. The predicted molar refractivity (Wildman–Crippen MR) is 109 cm³/mol. The highest BCUT2D eigenvalue weighted by atomic mass is 32.1. The maximum Gasteiger partial charge on any atom is 0.305 e. The summed E-state index contributed by atoms with van der Waals surface area (Å²) in [6.45, 7) is 6.70. The van der Waals surface area contributed by atoms with Gasteiger partial charge in [-0.2, -0.15) is 0 Å². The quantitative estimate of drug-likeness (QED) is 0.554. The smallest absolute Gasteiger partial charge is 0.305 e. The van der Waals surface area contributed by atoms with Crippen LogP contribution in [0.25, 0.3) is 10.1 Å². The lowest BCUT2D eigenvalue weighted by molar-refractivity contribution is -0.179. The van der Waals surface area contributed by atoms with Gasteiger partial charge in [-0.05, 0) is 43.2 Å². The minimum absolute atomic E-state index is 0.300. The van der Waals surface area contributed by atoms with Crippen molar-refractivity contribution in [2.75, 3.05) is 13.2 Å². The van der Waals surface area contributed by atoms with Crippen LogP contribution in [-0.2, 0) is 25.6 Å². The van der Waals surface area contributed by atoms with Crippen molar-refractivity contribution >= 4 is 33.3 Å². The number of benzene rings is 1. The average Bonchev–Trinajstić information content (AvgIpc) is 3.07. The summed E-state index contributed by atoms with van der Waals surface area (Å²) in [7, 11) is 0.